The van der Waals surface area contributed by atoms with Crippen molar-refractivity contribution in [2.75, 3.05) is 19.5 Å². The zero-order valence-electron chi connectivity index (χ0n) is 12.5. The van der Waals surface area contributed by atoms with Crippen molar-refractivity contribution in [1.29, 1.82) is 0 Å². The van der Waals surface area contributed by atoms with E-state index in [1.807, 2.05) is 34.9 Å². The maximum absolute atomic E-state index is 12.2. The maximum atomic E-state index is 12.2. The first-order valence-electron chi connectivity index (χ1n) is 7.30. The van der Waals surface area contributed by atoms with Gasteiger partial charge in [0.2, 0.25) is 0 Å². The number of aromatic nitrogens is 3. The summed E-state index contributed by atoms with van der Waals surface area (Å²) in [6, 6.07) is 9.67. The fourth-order valence-electron chi connectivity index (χ4n) is 2.37. The molecule has 6 nitrogen and oxygen atoms in total. The van der Waals surface area contributed by atoms with E-state index in [9.17, 15) is 8.42 Å². The Morgan fingerprint density at radius 3 is 2.59 bits per heavy atom. The highest BCUT2D eigenvalue weighted by Crippen LogP contribution is 2.40. The summed E-state index contributed by atoms with van der Waals surface area (Å²) in [5, 5.41) is 8.38. The third-order valence-corrected chi connectivity index (χ3v) is 5.15. The Balaban J connectivity index is 1.95. The molecular weight excluding hydrogens is 302 g/mol. The smallest absolute Gasteiger partial charge is 0.159 e. The molecule has 1 aliphatic carbocycles. The van der Waals surface area contributed by atoms with Crippen LogP contribution < -0.4 is 0 Å². The highest BCUT2D eigenvalue weighted by Gasteiger charge is 2.31. The molecule has 0 bridgehead atoms. The number of methoxy groups -OCH3 is 1. The quantitative estimate of drug-likeness (QED) is 0.776. The molecule has 1 aliphatic rings. The van der Waals surface area contributed by atoms with Gasteiger partial charge in [-0.25, -0.2) is 8.42 Å². The lowest BCUT2D eigenvalue weighted by atomic mass is 10.3. The van der Waals surface area contributed by atoms with Gasteiger partial charge in [0.25, 0.3) is 0 Å². The Labute approximate surface area is 130 Å². The predicted octanol–water partition coefficient (Wildman–Crippen LogP) is 1.71. The fourth-order valence-corrected chi connectivity index (χ4v) is 3.51. The van der Waals surface area contributed by atoms with Gasteiger partial charge in [-0.2, -0.15) is 0 Å². The Bertz CT molecular complexity index is 737. The van der Waals surface area contributed by atoms with Gasteiger partial charge in [0.15, 0.2) is 15.7 Å². The predicted molar refractivity (Wildman–Crippen MR) is 82.7 cm³/mol. The highest BCUT2D eigenvalue weighted by molar-refractivity contribution is 7.90. The van der Waals surface area contributed by atoms with Crippen LogP contribution in [0.25, 0.3) is 5.69 Å². The summed E-state index contributed by atoms with van der Waals surface area (Å²) in [4.78, 5) is 0. The summed E-state index contributed by atoms with van der Waals surface area (Å²) in [7, 11) is -1.77. The number of para-hydroxylation sites is 1. The zero-order chi connectivity index (χ0) is 15.6. The van der Waals surface area contributed by atoms with Crippen molar-refractivity contribution in [3.63, 3.8) is 0 Å². The lowest BCUT2D eigenvalue weighted by Gasteiger charge is -2.10. The molecule has 0 saturated heterocycles. The first-order chi connectivity index (χ1) is 10.6. The van der Waals surface area contributed by atoms with Crippen LogP contribution in [-0.4, -0.2) is 42.7 Å². The summed E-state index contributed by atoms with van der Waals surface area (Å²) in [6.07, 6.45) is 2.17. The van der Waals surface area contributed by atoms with Gasteiger partial charge in [-0.15, -0.1) is 10.2 Å². The van der Waals surface area contributed by atoms with Crippen LogP contribution in [0, 0.1) is 0 Å². The summed E-state index contributed by atoms with van der Waals surface area (Å²) < 4.78 is 31.1. The molecule has 118 valence electrons. The first kappa shape index (κ1) is 15.2. The highest BCUT2D eigenvalue weighted by atomic mass is 32.2. The molecule has 1 aromatic heterocycles. The Kier molecular flexibility index (Phi) is 4.26. The molecule has 22 heavy (non-hydrogen) atoms. The van der Waals surface area contributed by atoms with Crippen molar-refractivity contribution in [3.05, 3.63) is 42.0 Å². The van der Waals surface area contributed by atoms with Crippen LogP contribution >= 0.6 is 0 Å². The number of sulfone groups is 1. The molecule has 3 rings (SSSR count). The Morgan fingerprint density at radius 1 is 1.23 bits per heavy atom. The minimum Gasteiger partial charge on any atom is -0.384 e. The van der Waals surface area contributed by atoms with Crippen LogP contribution in [0.4, 0.5) is 0 Å². The molecule has 1 aromatic carbocycles. The van der Waals surface area contributed by atoms with Crippen LogP contribution in [0.2, 0.25) is 0 Å². The molecule has 0 radical (unpaired) electrons. The normalized spacial score (nSPS) is 15.1. The molecule has 0 N–H and O–H groups in total. The van der Waals surface area contributed by atoms with Gasteiger partial charge in [-0.05, 0) is 25.0 Å². The molecule has 1 saturated carbocycles. The second-order valence-corrected chi connectivity index (χ2v) is 7.69. The van der Waals surface area contributed by atoms with E-state index in [2.05, 4.69) is 10.2 Å². The van der Waals surface area contributed by atoms with Gasteiger partial charge in [0, 0.05) is 18.7 Å². The average Bonchev–Trinajstić information content (AvgIpc) is 3.28. The van der Waals surface area contributed by atoms with E-state index in [0.717, 1.165) is 24.4 Å². The minimum absolute atomic E-state index is 0.0100. The number of nitrogens with zero attached hydrogens (tertiary/aromatic N) is 3. The minimum atomic E-state index is -3.27. The van der Waals surface area contributed by atoms with Crippen molar-refractivity contribution < 1.29 is 13.2 Å². The van der Waals surface area contributed by atoms with Crippen LogP contribution in [0.15, 0.2) is 30.3 Å². The second-order valence-electron chi connectivity index (χ2n) is 5.50. The molecular formula is C15H19N3O3S. The largest absolute Gasteiger partial charge is 0.384 e. The van der Waals surface area contributed by atoms with Gasteiger partial charge < -0.3 is 4.74 Å². The molecule has 0 spiro atoms. The Morgan fingerprint density at radius 2 is 1.95 bits per heavy atom. The molecule has 1 heterocycles. The molecule has 0 unspecified atom stereocenters. The number of hydrogen-bond donors (Lipinski definition) is 0. The van der Waals surface area contributed by atoms with E-state index in [-0.39, 0.29) is 18.1 Å². The van der Waals surface area contributed by atoms with Gasteiger partial charge in [0.1, 0.15) is 11.6 Å². The zero-order valence-corrected chi connectivity index (χ0v) is 13.3. The number of benzene rings is 1. The van der Waals surface area contributed by atoms with Gasteiger partial charge >= 0.3 is 0 Å². The molecule has 0 atom stereocenters. The molecule has 2 aromatic rings. The second kappa shape index (κ2) is 6.18. The Hall–Kier alpha value is -1.73. The summed E-state index contributed by atoms with van der Waals surface area (Å²) in [5.74, 6) is 1.60. The standard InChI is InChI=1S/C15H19N3O3S/c1-21-9-10-22(19,20)11-14-16-17-15(12-7-8-12)18(14)13-5-3-2-4-6-13/h2-6,12H,7-11H2,1H3. The van der Waals surface area contributed by atoms with E-state index in [0.29, 0.717) is 11.7 Å². The van der Waals surface area contributed by atoms with Gasteiger partial charge in [0.05, 0.1) is 12.4 Å². The molecule has 7 heteroatoms. The van der Waals surface area contributed by atoms with E-state index in [4.69, 9.17) is 4.74 Å². The number of hydrogen-bond acceptors (Lipinski definition) is 5. The summed E-state index contributed by atoms with van der Waals surface area (Å²) >= 11 is 0. The monoisotopic (exact) mass is 321 g/mol. The fraction of sp³-hybridized carbons (Fsp3) is 0.467. The average molecular weight is 321 g/mol. The lowest BCUT2D eigenvalue weighted by Crippen LogP contribution is -2.16. The summed E-state index contributed by atoms with van der Waals surface area (Å²) in [5.41, 5.74) is 0.909. The summed E-state index contributed by atoms with van der Waals surface area (Å²) in [6.45, 7) is 0.192. The molecule has 0 aliphatic heterocycles. The van der Waals surface area contributed by atoms with Crippen molar-refractivity contribution >= 4 is 9.84 Å². The third-order valence-electron chi connectivity index (χ3n) is 3.66. The maximum Gasteiger partial charge on any atom is 0.159 e. The van der Waals surface area contributed by atoms with E-state index < -0.39 is 9.84 Å². The van der Waals surface area contributed by atoms with E-state index in [1.165, 1.54) is 7.11 Å². The van der Waals surface area contributed by atoms with Crippen LogP contribution in [0.5, 0.6) is 0 Å². The van der Waals surface area contributed by atoms with E-state index in [1.54, 1.807) is 0 Å². The van der Waals surface area contributed by atoms with Crippen LogP contribution in [-0.2, 0) is 20.3 Å². The van der Waals surface area contributed by atoms with Crippen molar-refractivity contribution in [2.24, 2.45) is 0 Å². The third kappa shape index (κ3) is 3.36. The number of rotatable bonds is 7. The van der Waals surface area contributed by atoms with Gasteiger partial charge in [-0.1, -0.05) is 18.2 Å². The number of ether oxygens (including phenoxy) is 1. The lowest BCUT2D eigenvalue weighted by molar-refractivity contribution is 0.217. The first-order valence-corrected chi connectivity index (χ1v) is 9.12. The van der Waals surface area contributed by atoms with Crippen molar-refractivity contribution in [1.82, 2.24) is 14.8 Å². The van der Waals surface area contributed by atoms with Crippen molar-refractivity contribution in [2.45, 2.75) is 24.5 Å². The van der Waals surface area contributed by atoms with Crippen LogP contribution in [0.1, 0.15) is 30.4 Å². The SMILES string of the molecule is COCCS(=O)(=O)Cc1nnc(C2CC2)n1-c1ccccc1. The van der Waals surface area contributed by atoms with Gasteiger partial charge in [-0.3, -0.25) is 4.57 Å². The van der Waals surface area contributed by atoms with E-state index >= 15 is 0 Å². The van der Waals surface area contributed by atoms with Crippen molar-refractivity contribution in [3.8, 4) is 5.69 Å². The molecule has 1 fully saturated rings. The van der Waals surface area contributed by atoms with Crippen LogP contribution in [0.3, 0.4) is 0 Å². The topological polar surface area (TPSA) is 74.1 Å². The molecule has 0 amide bonds.